The van der Waals surface area contributed by atoms with Crippen molar-refractivity contribution in [2.75, 3.05) is 18.4 Å². The second-order valence-corrected chi connectivity index (χ2v) is 10.1. The number of nitrogens with one attached hydrogen (secondary N) is 2. The van der Waals surface area contributed by atoms with E-state index in [0.29, 0.717) is 18.6 Å². The summed E-state index contributed by atoms with van der Waals surface area (Å²) in [5, 5.41) is 6.25. The van der Waals surface area contributed by atoms with Gasteiger partial charge in [-0.15, -0.1) is 0 Å². The zero-order valence-electron chi connectivity index (χ0n) is 19.7. The van der Waals surface area contributed by atoms with E-state index in [9.17, 15) is 4.79 Å². The molecule has 0 unspecified atom stereocenters. The van der Waals surface area contributed by atoms with Gasteiger partial charge < -0.3 is 15.4 Å². The molecule has 1 aromatic heterocycles. The third-order valence-corrected chi connectivity index (χ3v) is 6.17. The smallest absolute Gasteiger partial charge is 0.224 e. The molecule has 1 aliphatic heterocycles. The zero-order valence-corrected chi connectivity index (χ0v) is 21.3. The molecule has 0 radical (unpaired) electrons. The highest BCUT2D eigenvalue weighted by molar-refractivity contribution is 9.10. The van der Waals surface area contributed by atoms with E-state index in [4.69, 9.17) is 4.74 Å². The highest BCUT2D eigenvalue weighted by Crippen LogP contribution is 2.32. The first-order chi connectivity index (χ1) is 16.3. The maximum Gasteiger partial charge on any atom is 0.224 e. The van der Waals surface area contributed by atoms with E-state index >= 15 is 0 Å². The standard InChI is InChI=1S/C27H29BrN4O2/c1-27(2,3)22-16-19(8-9-23(22)28)32-25(33)10-7-18-5-4-6-20(15-18)34-21-11-12-29-24(17-21)26-30-13-14-31-26/h4-6,8-9,11-12,15-17H,7,10,13-14H2,1-3H3,(H,30,31)(H,32,33). The van der Waals surface area contributed by atoms with Gasteiger partial charge >= 0.3 is 0 Å². The third kappa shape index (κ3) is 6.23. The Balaban J connectivity index is 1.36. The molecule has 0 spiro atoms. The Morgan fingerprint density at radius 3 is 2.71 bits per heavy atom. The number of halogens is 1. The van der Waals surface area contributed by atoms with Crippen molar-refractivity contribution < 1.29 is 9.53 Å². The number of amides is 1. The molecule has 0 saturated carbocycles. The van der Waals surface area contributed by atoms with E-state index in [1.807, 2.05) is 54.6 Å². The topological polar surface area (TPSA) is 75.6 Å². The summed E-state index contributed by atoms with van der Waals surface area (Å²) in [6.45, 7) is 8.05. The molecule has 1 amide bonds. The number of anilines is 1. The highest BCUT2D eigenvalue weighted by atomic mass is 79.9. The number of nitrogens with zero attached hydrogens (tertiary/aromatic N) is 2. The molecule has 3 aromatic rings. The van der Waals surface area contributed by atoms with E-state index in [1.165, 1.54) is 0 Å². The Morgan fingerprint density at radius 2 is 1.94 bits per heavy atom. The molecule has 176 valence electrons. The van der Waals surface area contributed by atoms with Crippen molar-refractivity contribution in [3.63, 3.8) is 0 Å². The minimum atomic E-state index is -0.0172. The van der Waals surface area contributed by atoms with Gasteiger partial charge in [0.1, 0.15) is 23.0 Å². The number of carbonyl (C=O) groups excluding carboxylic acids is 1. The lowest BCUT2D eigenvalue weighted by Crippen LogP contribution is -2.20. The number of aliphatic imine (C=N–C) groups is 1. The molecule has 4 rings (SSSR count). The molecule has 6 nitrogen and oxygen atoms in total. The normalized spacial score (nSPS) is 13.2. The Bertz CT molecular complexity index is 1220. The number of rotatable bonds is 7. The number of aryl methyl sites for hydroxylation is 1. The fraction of sp³-hybridized carbons (Fsp3) is 0.296. The van der Waals surface area contributed by atoms with Gasteiger partial charge in [0.2, 0.25) is 5.91 Å². The van der Waals surface area contributed by atoms with Crippen molar-refractivity contribution in [1.29, 1.82) is 0 Å². The first kappa shape index (κ1) is 24.0. The number of benzene rings is 2. The molecule has 2 aromatic carbocycles. The molecule has 0 saturated heterocycles. The van der Waals surface area contributed by atoms with Gasteiger partial charge in [0.05, 0.1) is 6.54 Å². The van der Waals surface area contributed by atoms with Crippen LogP contribution in [0.15, 0.2) is 70.3 Å². The predicted octanol–water partition coefficient (Wildman–Crippen LogP) is 5.86. The Labute approximate surface area is 209 Å². The summed E-state index contributed by atoms with van der Waals surface area (Å²) in [7, 11) is 0. The first-order valence-corrected chi connectivity index (χ1v) is 12.2. The molecule has 7 heteroatoms. The second kappa shape index (κ2) is 10.4. The van der Waals surface area contributed by atoms with Gasteiger partial charge in [-0.25, -0.2) is 0 Å². The lowest BCUT2D eigenvalue weighted by molar-refractivity contribution is -0.116. The number of amidine groups is 1. The monoisotopic (exact) mass is 520 g/mol. The Kier molecular flexibility index (Phi) is 7.32. The average Bonchev–Trinajstić information content (AvgIpc) is 3.34. The van der Waals surface area contributed by atoms with Crippen LogP contribution in [0.5, 0.6) is 11.5 Å². The van der Waals surface area contributed by atoms with Crippen LogP contribution in [-0.4, -0.2) is 29.8 Å². The SMILES string of the molecule is CC(C)(C)c1cc(NC(=O)CCc2cccc(Oc3ccnc(C4=NCCN4)c3)c2)ccc1Br. The summed E-state index contributed by atoms with van der Waals surface area (Å²) in [5.41, 5.74) is 3.76. The van der Waals surface area contributed by atoms with E-state index in [2.05, 4.69) is 57.3 Å². The maximum absolute atomic E-state index is 12.6. The minimum absolute atomic E-state index is 0.0166. The summed E-state index contributed by atoms with van der Waals surface area (Å²) < 4.78 is 7.10. The summed E-state index contributed by atoms with van der Waals surface area (Å²) >= 11 is 3.61. The number of hydrogen-bond donors (Lipinski definition) is 2. The van der Waals surface area contributed by atoms with E-state index in [1.54, 1.807) is 6.20 Å². The maximum atomic E-state index is 12.6. The quantitative estimate of drug-likeness (QED) is 0.409. The summed E-state index contributed by atoms with van der Waals surface area (Å²) in [5.74, 6) is 2.20. The lowest BCUT2D eigenvalue weighted by atomic mass is 9.87. The second-order valence-electron chi connectivity index (χ2n) is 9.28. The zero-order chi connectivity index (χ0) is 24.1. The molecule has 0 atom stereocenters. The van der Waals surface area contributed by atoms with Crippen LogP contribution < -0.4 is 15.4 Å². The van der Waals surface area contributed by atoms with Gasteiger partial charge in [0.15, 0.2) is 0 Å². The number of ether oxygens (including phenoxy) is 1. The average molecular weight is 521 g/mol. The van der Waals surface area contributed by atoms with Crippen molar-refractivity contribution in [3.05, 3.63) is 82.1 Å². The van der Waals surface area contributed by atoms with Crippen LogP contribution in [-0.2, 0) is 16.6 Å². The van der Waals surface area contributed by atoms with E-state index in [-0.39, 0.29) is 11.3 Å². The molecule has 2 heterocycles. The van der Waals surface area contributed by atoms with Crippen molar-refractivity contribution in [3.8, 4) is 11.5 Å². The van der Waals surface area contributed by atoms with Crippen molar-refractivity contribution in [2.45, 2.75) is 39.0 Å². The Hall–Kier alpha value is -3.19. The molecular formula is C27H29BrN4O2. The summed E-state index contributed by atoms with van der Waals surface area (Å²) in [6, 6.07) is 17.5. The van der Waals surface area contributed by atoms with E-state index in [0.717, 1.165) is 51.7 Å². The molecule has 1 aliphatic rings. The van der Waals surface area contributed by atoms with Gasteiger partial charge in [-0.05, 0) is 59.4 Å². The molecule has 0 fully saturated rings. The molecular weight excluding hydrogens is 492 g/mol. The predicted molar refractivity (Wildman–Crippen MR) is 140 cm³/mol. The van der Waals surface area contributed by atoms with Gasteiger partial charge in [-0.3, -0.25) is 14.8 Å². The number of aromatic nitrogens is 1. The minimum Gasteiger partial charge on any atom is -0.457 e. The lowest BCUT2D eigenvalue weighted by Gasteiger charge is -2.21. The van der Waals surface area contributed by atoms with Gasteiger partial charge in [0, 0.05) is 35.4 Å². The molecule has 34 heavy (non-hydrogen) atoms. The number of carbonyl (C=O) groups is 1. The highest BCUT2D eigenvalue weighted by Gasteiger charge is 2.18. The van der Waals surface area contributed by atoms with Crippen LogP contribution >= 0.6 is 15.9 Å². The van der Waals surface area contributed by atoms with Crippen LogP contribution in [0, 0.1) is 0 Å². The summed E-state index contributed by atoms with van der Waals surface area (Å²) in [4.78, 5) is 21.4. The molecule has 2 N–H and O–H groups in total. The number of hydrogen-bond acceptors (Lipinski definition) is 5. The van der Waals surface area contributed by atoms with Crippen LogP contribution in [0.25, 0.3) is 0 Å². The fourth-order valence-corrected chi connectivity index (χ4v) is 4.57. The summed E-state index contributed by atoms with van der Waals surface area (Å²) in [6.07, 6.45) is 2.72. The first-order valence-electron chi connectivity index (χ1n) is 11.4. The van der Waals surface area contributed by atoms with Crippen molar-refractivity contribution >= 4 is 33.4 Å². The van der Waals surface area contributed by atoms with Crippen LogP contribution in [0.2, 0.25) is 0 Å². The molecule has 0 aliphatic carbocycles. The number of pyridine rings is 1. The van der Waals surface area contributed by atoms with Gasteiger partial charge in [-0.1, -0.05) is 48.8 Å². The van der Waals surface area contributed by atoms with Crippen LogP contribution in [0.3, 0.4) is 0 Å². The van der Waals surface area contributed by atoms with Crippen molar-refractivity contribution in [1.82, 2.24) is 10.3 Å². The fourth-order valence-electron chi connectivity index (χ4n) is 3.73. The van der Waals surface area contributed by atoms with Crippen LogP contribution in [0.4, 0.5) is 5.69 Å². The Morgan fingerprint density at radius 1 is 1.12 bits per heavy atom. The van der Waals surface area contributed by atoms with Crippen LogP contribution in [0.1, 0.15) is 44.0 Å². The van der Waals surface area contributed by atoms with E-state index < -0.39 is 0 Å². The third-order valence-electron chi connectivity index (χ3n) is 5.48. The van der Waals surface area contributed by atoms with Crippen molar-refractivity contribution in [2.24, 2.45) is 4.99 Å². The van der Waals surface area contributed by atoms with Gasteiger partial charge in [0.25, 0.3) is 0 Å². The molecule has 0 bridgehead atoms. The largest absolute Gasteiger partial charge is 0.457 e. The van der Waals surface area contributed by atoms with Gasteiger partial charge in [-0.2, -0.15) is 0 Å².